The average molecular weight is 457 g/mol. The minimum atomic E-state index is -4.51. The van der Waals surface area contributed by atoms with Crippen molar-refractivity contribution in [2.24, 2.45) is 0 Å². The summed E-state index contributed by atoms with van der Waals surface area (Å²) in [6.07, 6.45) is 0. The van der Waals surface area contributed by atoms with Crippen LogP contribution in [-0.4, -0.2) is 18.3 Å². The molecule has 1 aromatic rings. The zero-order valence-electron chi connectivity index (χ0n) is 7.47. The fourth-order valence-electron chi connectivity index (χ4n) is 0.838. The lowest BCUT2D eigenvalue weighted by atomic mass is 10.4. The summed E-state index contributed by atoms with van der Waals surface area (Å²) in [6, 6.07) is 6.91. The first kappa shape index (κ1) is 14.6. The number of rotatable bonds is 2. The molecule has 0 radical (unpaired) electrons. The van der Waals surface area contributed by atoms with Crippen LogP contribution in [0.15, 0.2) is 35.2 Å². The molecule has 0 atom stereocenters. The van der Waals surface area contributed by atoms with Crippen LogP contribution in [-0.2, 0) is 17.7 Å². The molecule has 0 aliphatic rings. The summed E-state index contributed by atoms with van der Waals surface area (Å²) < 4.78 is 45.2. The van der Waals surface area contributed by atoms with E-state index in [1.807, 2.05) is 0 Å². The Bertz CT molecular complexity index is 572. The highest BCUT2D eigenvalue weighted by Crippen LogP contribution is 2.43. The fourth-order valence-corrected chi connectivity index (χ4v) is 8.37. The number of halogens is 3. The van der Waals surface area contributed by atoms with E-state index >= 15 is 0 Å². The molecule has 0 N–H and O–H groups in total. The average Bonchev–Trinajstić information content (AvgIpc) is 2.17. The van der Waals surface area contributed by atoms with Crippen molar-refractivity contribution in [2.45, 2.75) is 6.37 Å². The molecule has 0 bridgehead atoms. The first-order chi connectivity index (χ1) is 7.11. The molecule has 0 heterocycles. The standard InChI is InChI=1S/C7H5Br3O4S2/c8-7(9,10)16(13,14)15(11,12)6-4-2-1-3-5-6/h1-5H. The molecule has 0 saturated heterocycles. The zero-order chi connectivity index (χ0) is 12.6. The molecule has 1 rings (SSSR count). The Morgan fingerprint density at radius 2 is 1.31 bits per heavy atom. The second kappa shape index (κ2) is 4.68. The van der Waals surface area contributed by atoms with Crippen molar-refractivity contribution in [2.75, 3.05) is 0 Å². The molecule has 0 unspecified atom stereocenters. The molecule has 1 aromatic carbocycles. The third-order valence-corrected chi connectivity index (χ3v) is 12.4. The summed E-state index contributed by atoms with van der Waals surface area (Å²) in [5.74, 6) is 0. The minimum Gasteiger partial charge on any atom is -0.209 e. The van der Waals surface area contributed by atoms with E-state index in [2.05, 4.69) is 47.8 Å². The highest BCUT2D eigenvalue weighted by molar-refractivity contribution is 9.43. The van der Waals surface area contributed by atoms with Crippen LogP contribution in [0.5, 0.6) is 0 Å². The van der Waals surface area contributed by atoms with Crippen LogP contribution in [0.25, 0.3) is 0 Å². The summed E-state index contributed by atoms with van der Waals surface area (Å²) in [7, 11) is -8.97. The fraction of sp³-hybridized carbons (Fsp3) is 0.143. The van der Waals surface area contributed by atoms with E-state index < -0.39 is 19.2 Å². The van der Waals surface area contributed by atoms with Crippen LogP contribution in [0.2, 0.25) is 0 Å². The van der Waals surface area contributed by atoms with Crippen LogP contribution in [0.3, 0.4) is 0 Å². The lowest BCUT2D eigenvalue weighted by Crippen LogP contribution is -2.27. The van der Waals surface area contributed by atoms with E-state index in [4.69, 9.17) is 0 Å². The summed E-state index contributed by atoms with van der Waals surface area (Å²) >= 11 is 8.10. The summed E-state index contributed by atoms with van der Waals surface area (Å²) in [6.45, 7) is 0. The van der Waals surface area contributed by atoms with Gasteiger partial charge in [-0.05, 0) is 59.9 Å². The molecular formula is C7H5Br3O4S2. The molecular weight excluding hydrogens is 452 g/mol. The van der Waals surface area contributed by atoms with Gasteiger partial charge in [0.2, 0.25) is 1.47 Å². The van der Waals surface area contributed by atoms with E-state index in [1.54, 1.807) is 6.07 Å². The van der Waals surface area contributed by atoms with Crippen LogP contribution in [0.1, 0.15) is 0 Å². The Kier molecular flexibility index (Phi) is 4.27. The first-order valence-corrected chi connectivity index (χ1v) is 9.58. The van der Waals surface area contributed by atoms with E-state index in [1.165, 1.54) is 24.3 Å². The van der Waals surface area contributed by atoms with Crippen molar-refractivity contribution in [1.29, 1.82) is 0 Å². The second-order valence-electron chi connectivity index (χ2n) is 2.67. The lowest BCUT2D eigenvalue weighted by Gasteiger charge is -2.13. The van der Waals surface area contributed by atoms with E-state index in [-0.39, 0.29) is 4.90 Å². The first-order valence-electron chi connectivity index (χ1n) is 3.72. The molecule has 9 heteroatoms. The molecule has 0 fully saturated rings. The highest BCUT2D eigenvalue weighted by atomic mass is 80.0. The van der Waals surface area contributed by atoms with Crippen molar-refractivity contribution < 1.29 is 16.8 Å². The summed E-state index contributed by atoms with van der Waals surface area (Å²) in [4.78, 5) is -0.280. The molecule has 16 heavy (non-hydrogen) atoms. The van der Waals surface area contributed by atoms with Gasteiger partial charge in [-0.25, -0.2) is 16.8 Å². The molecule has 0 spiro atoms. The summed E-state index contributed by atoms with van der Waals surface area (Å²) in [5, 5.41) is 0. The van der Waals surface area contributed by atoms with Gasteiger partial charge >= 0.3 is 0 Å². The topological polar surface area (TPSA) is 68.3 Å². The third kappa shape index (κ3) is 2.53. The smallest absolute Gasteiger partial charge is 0.209 e. The zero-order valence-corrected chi connectivity index (χ0v) is 13.9. The van der Waals surface area contributed by atoms with Crippen molar-refractivity contribution >= 4 is 65.5 Å². The Balaban J connectivity index is 3.48. The number of alkyl halides is 3. The van der Waals surface area contributed by atoms with E-state index in [9.17, 15) is 16.8 Å². The van der Waals surface area contributed by atoms with Crippen molar-refractivity contribution in [3.8, 4) is 0 Å². The monoisotopic (exact) mass is 454 g/mol. The lowest BCUT2D eigenvalue weighted by molar-refractivity contribution is 0.584. The van der Waals surface area contributed by atoms with Gasteiger partial charge in [-0.2, -0.15) is 0 Å². The number of hydrogen-bond donors (Lipinski definition) is 0. The van der Waals surface area contributed by atoms with Crippen LogP contribution >= 0.6 is 47.8 Å². The highest BCUT2D eigenvalue weighted by Gasteiger charge is 2.47. The molecule has 0 amide bonds. The summed E-state index contributed by atoms with van der Waals surface area (Å²) in [5.41, 5.74) is 0. The predicted octanol–water partition coefficient (Wildman–Crippen LogP) is 2.59. The molecule has 0 aliphatic carbocycles. The Morgan fingerprint density at radius 3 is 1.69 bits per heavy atom. The third-order valence-electron chi connectivity index (χ3n) is 1.60. The maximum absolute atomic E-state index is 11.8. The van der Waals surface area contributed by atoms with Gasteiger partial charge in [-0.3, -0.25) is 0 Å². The second-order valence-corrected chi connectivity index (χ2v) is 16.5. The largest absolute Gasteiger partial charge is 0.293 e. The van der Waals surface area contributed by atoms with Gasteiger partial charge in [-0.15, -0.1) is 0 Å². The van der Waals surface area contributed by atoms with Crippen LogP contribution < -0.4 is 0 Å². The van der Waals surface area contributed by atoms with Gasteiger partial charge < -0.3 is 0 Å². The van der Waals surface area contributed by atoms with Crippen LogP contribution in [0, 0.1) is 0 Å². The molecule has 90 valence electrons. The Labute approximate surface area is 118 Å². The number of benzene rings is 1. The van der Waals surface area contributed by atoms with Crippen molar-refractivity contribution in [3.05, 3.63) is 30.3 Å². The van der Waals surface area contributed by atoms with Gasteiger partial charge in [0.1, 0.15) is 0 Å². The Hall–Kier alpha value is 0.560. The SMILES string of the molecule is O=S(=O)(c1ccccc1)S(=O)(=O)C(Br)(Br)Br. The molecule has 0 aliphatic heterocycles. The van der Waals surface area contributed by atoms with Gasteiger partial charge in [0.25, 0.3) is 17.7 Å². The maximum Gasteiger partial charge on any atom is 0.293 e. The number of hydrogen-bond acceptors (Lipinski definition) is 4. The normalized spacial score (nSPS) is 13.7. The predicted molar refractivity (Wildman–Crippen MR) is 72.1 cm³/mol. The minimum absolute atomic E-state index is 0.280. The van der Waals surface area contributed by atoms with E-state index in [0.29, 0.717) is 0 Å². The Morgan fingerprint density at radius 1 is 0.875 bits per heavy atom. The van der Waals surface area contributed by atoms with Gasteiger partial charge in [0.05, 0.1) is 4.90 Å². The molecule has 4 nitrogen and oxygen atoms in total. The van der Waals surface area contributed by atoms with Crippen molar-refractivity contribution in [3.63, 3.8) is 0 Å². The van der Waals surface area contributed by atoms with Gasteiger partial charge in [0.15, 0.2) is 0 Å². The molecule has 0 saturated carbocycles. The van der Waals surface area contributed by atoms with Gasteiger partial charge in [0, 0.05) is 0 Å². The quantitative estimate of drug-likeness (QED) is 0.506. The molecule has 0 aromatic heterocycles. The van der Waals surface area contributed by atoms with Crippen LogP contribution in [0.4, 0.5) is 0 Å². The maximum atomic E-state index is 11.8. The van der Waals surface area contributed by atoms with E-state index in [0.717, 1.165) is 0 Å². The van der Waals surface area contributed by atoms with Crippen molar-refractivity contribution in [1.82, 2.24) is 0 Å². The van der Waals surface area contributed by atoms with Gasteiger partial charge in [-0.1, -0.05) is 18.2 Å².